The van der Waals surface area contributed by atoms with E-state index in [1.165, 1.54) is 18.3 Å². The lowest BCUT2D eigenvalue weighted by Gasteiger charge is -2.18. The maximum absolute atomic E-state index is 10.7. The maximum atomic E-state index is 10.7. The number of likely N-dealkylation sites (N-methyl/N-ethyl adjacent to an activating group) is 1. The van der Waals surface area contributed by atoms with Crippen LogP contribution >= 0.6 is 0 Å². The summed E-state index contributed by atoms with van der Waals surface area (Å²) in [5.41, 5.74) is 11.1. The van der Waals surface area contributed by atoms with Gasteiger partial charge in [0.15, 0.2) is 5.82 Å². The number of amides is 1. The number of nitrogens with two attached hydrogens (primary N) is 2. The first-order chi connectivity index (χ1) is 7.06. The van der Waals surface area contributed by atoms with Gasteiger partial charge in [-0.25, -0.2) is 4.98 Å². The van der Waals surface area contributed by atoms with Crippen LogP contribution in [-0.2, 0) is 4.79 Å². The first-order valence-corrected chi connectivity index (χ1v) is 4.20. The highest BCUT2D eigenvalue weighted by Crippen LogP contribution is 2.26. The summed E-state index contributed by atoms with van der Waals surface area (Å²) >= 11 is 0. The number of nitrogens with zero attached hydrogens (tertiary/aromatic N) is 3. The van der Waals surface area contributed by atoms with Crippen molar-refractivity contribution >= 4 is 17.4 Å². The molecule has 15 heavy (non-hydrogen) atoms. The zero-order chi connectivity index (χ0) is 11.4. The molecule has 0 spiro atoms. The molecule has 0 unspecified atom stereocenters. The molecule has 1 aromatic heterocycles. The third kappa shape index (κ3) is 2.46. The molecule has 82 valence electrons. The van der Waals surface area contributed by atoms with Gasteiger partial charge in [0.1, 0.15) is 12.0 Å². The molecule has 1 heterocycles. The Labute approximate surface area is 87.0 Å². The van der Waals surface area contributed by atoms with Crippen molar-refractivity contribution in [1.82, 2.24) is 9.97 Å². The number of anilines is 2. The second-order valence-corrected chi connectivity index (χ2v) is 2.94. The van der Waals surface area contributed by atoms with E-state index in [-0.39, 0.29) is 18.1 Å². The Morgan fingerprint density at radius 3 is 2.80 bits per heavy atom. The van der Waals surface area contributed by atoms with Gasteiger partial charge in [-0.3, -0.25) is 4.79 Å². The normalized spacial score (nSPS) is 9.73. The summed E-state index contributed by atoms with van der Waals surface area (Å²) in [6.07, 6.45) is 1.31. The summed E-state index contributed by atoms with van der Waals surface area (Å²) in [6, 6.07) is 0. The molecule has 7 nitrogen and oxygen atoms in total. The fourth-order valence-corrected chi connectivity index (χ4v) is 1.15. The summed E-state index contributed by atoms with van der Waals surface area (Å²) in [6.45, 7) is 0.0321. The second-order valence-electron chi connectivity index (χ2n) is 2.94. The quantitative estimate of drug-likeness (QED) is 0.660. The van der Waals surface area contributed by atoms with Crippen molar-refractivity contribution in [2.24, 2.45) is 5.73 Å². The van der Waals surface area contributed by atoms with Crippen molar-refractivity contribution in [1.29, 1.82) is 0 Å². The molecule has 7 heteroatoms. The van der Waals surface area contributed by atoms with Crippen LogP contribution in [0.1, 0.15) is 0 Å². The molecular formula is C8H13N5O2. The Morgan fingerprint density at radius 2 is 2.27 bits per heavy atom. The number of hydrogen-bond acceptors (Lipinski definition) is 6. The molecule has 1 amide bonds. The summed E-state index contributed by atoms with van der Waals surface area (Å²) in [5.74, 6) is 0.228. The summed E-state index contributed by atoms with van der Waals surface area (Å²) in [5, 5.41) is 0. The molecule has 0 bridgehead atoms. The molecule has 0 atom stereocenters. The lowest BCUT2D eigenvalue weighted by molar-refractivity contribution is -0.116. The van der Waals surface area contributed by atoms with Crippen LogP contribution in [0.5, 0.6) is 5.88 Å². The van der Waals surface area contributed by atoms with Gasteiger partial charge in [0.25, 0.3) is 0 Å². The van der Waals surface area contributed by atoms with Crippen molar-refractivity contribution < 1.29 is 9.53 Å². The summed E-state index contributed by atoms with van der Waals surface area (Å²) < 4.78 is 4.92. The number of rotatable bonds is 4. The summed E-state index contributed by atoms with van der Waals surface area (Å²) in [4.78, 5) is 20.0. The number of carbonyl (C=O) groups is 1. The molecule has 0 fully saturated rings. The minimum absolute atomic E-state index is 0.0321. The Kier molecular flexibility index (Phi) is 3.27. The molecule has 0 aliphatic heterocycles. The van der Waals surface area contributed by atoms with Crippen molar-refractivity contribution in [3.8, 4) is 5.88 Å². The average molecular weight is 211 g/mol. The van der Waals surface area contributed by atoms with Gasteiger partial charge in [0, 0.05) is 7.05 Å². The number of ether oxygens (including phenoxy) is 1. The van der Waals surface area contributed by atoms with Crippen molar-refractivity contribution in [3.05, 3.63) is 6.33 Å². The number of hydrogen-bond donors (Lipinski definition) is 2. The van der Waals surface area contributed by atoms with Crippen LogP contribution in [0.25, 0.3) is 0 Å². The lowest BCUT2D eigenvalue weighted by Crippen LogP contribution is -2.31. The number of carbonyl (C=O) groups excluding carboxylic acids is 1. The van der Waals surface area contributed by atoms with Crippen LogP contribution in [0.3, 0.4) is 0 Å². The molecule has 0 radical (unpaired) electrons. The van der Waals surface area contributed by atoms with Crippen molar-refractivity contribution in [3.63, 3.8) is 0 Å². The largest absolute Gasteiger partial charge is 0.479 e. The second kappa shape index (κ2) is 4.45. The van der Waals surface area contributed by atoms with Crippen LogP contribution in [0, 0.1) is 0 Å². The van der Waals surface area contributed by atoms with Gasteiger partial charge < -0.3 is 21.1 Å². The maximum Gasteiger partial charge on any atom is 0.242 e. The van der Waals surface area contributed by atoms with E-state index in [1.54, 1.807) is 7.05 Å². The standard InChI is InChI=1S/C8H13N5O2/c1-13(3-5(9)14)7-6(10)8(15-2)12-4-11-7/h4H,3,10H2,1-2H3,(H2,9,14). The highest BCUT2D eigenvalue weighted by atomic mass is 16.5. The molecule has 1 aromatic rings. The molecule has 0 saturated carbocycles. The Balaban J connectivity index is 2.98. The molecule has 0 aromatic carbocycles. The van der Waals surface area contributed by atoms with Gasteiger partial charge >= 0.3 is 0 Å². The van der Waals surface area contributed by atoms with Crippen molar-refractivity contribution in [2.75, 3.05) is 31.3 Å². The number of aromatic nitrogens is 2. The van der Waals surface area contributed by atoms with E-state index in [9.17, 15) is 4.79 Å². The molecular weight excluding hydrogens is 198 g/mol. The zero-order valence-electron chi connectivity index (χ0n) is 8.60. The monoisotopic (exact) mass is 211 g/mol. The Hall–Kier alpha value is -2.05. The Bertz CT molecular complexity index is 368. The van der Waals surface area contributed by atoms with Crippen LogP contribution in [0.2, 0.25) is 0 Å². The number of primary amides is 1. The molecule has 0 aliphatic rings. The Morgan fingerprint density at radius 1 is 1.60 bits per heavy atom. The van der Waals surface area contributed by atoms with Crippen LogP contribution in [0.15, 0.2) is 6.33 Å². The predicted molar refractivity (Wildman–Crippen MR) is 55.5 cm³/mol. The fourth-order valence-electron chi connectivity index (χ4n) is 1.15. The smallest absolute Gasteiger partial charge is 0.242 e. The van der Waals surface area contributed by atoms with Gasteiger partial charge in [0.05, 0.1) is 13.7 Å². The highest BCUT2D eigenvalue weighted by Gasteiger charge is 2.13. The molecule has 1 rings (SSSR count). The molecule has 0 saturated heterocycles. The minimum atomic E-state index is -0.463. The average Bonchev–Trinajstić information content (AvgIpc) is 2.17. The first-order valence-electron chi connectivity index (χ1n) is 4.20. The van der Waals surface area contributed by atoms with Gasteiger partial charge in [-0.05, 0) is 0 Å². The molecule has 0 aliphatic carbocycles. The van der Waals surface area contributed by atoms with Crippen LogP contribution in [0.4, 0.5) is 11.5 Å². The summed E-state index contributed by atoms with van der Waals surface area (Å²) in [7, 11) is 3.11. The van der Waals surface area contributed by atoms with Gasteiger partial charge in [-0.15, -0.1) is 0 Å². The minimum Gasteiger partial charge on any atom is -0.479 e. The van der Waals surface area contributed by atoms with Gasteiger partial charge in [0.2, 0.25) is 11.8 Å². The van der Waals surface area contributed by atoms with E-state index in [0.717, 1.165) is 0 Å². The van der Waals surface area contributed by atoms with Crippen LogP contribution in [-0.4, -0.2) is 36.6 Å². The third-order valence-corrected chi connectivity index (χ3v) is 1.77. The zero-order valence-corrected chi connectivity index (χ0v) is 8.60. The van der Waals surface area contributed by atoms with Crippen LogP contribution < -0.4 is 21.1 Å². The van der Waals surface area contributed by atoms with Gasteiger partial charge in [-0.2, -0.15) is 4.98 Å². The molecule has 4 N–H and O–H groups in total. The van der Waals surface area contributed by atoms with E-state index in [4.69, 9.17) is 16.2 Å². The van der Waals surface area contributed by atoms with E-state index >= 15 is 0 Å². The van der Waals surface area contributed by atoms with Gasteiger partial charge in [-0.1, -0.05) is 0 Å². The SMILES string of the molecule is COc1ncnc(N(C)CC(N)=O)c1N. The van der Waals surface area contributed by atoms with E-state index < -0.39 is 5.91 Å². The number of methoxy groups -OCH3 is 1. The van der Waals surface area contributed by atoms with Crippen molar-refractivity contribution in [2.45, 2.75) is 0 Å². The first kappa shape index (κ1) is 11.0. The lowest BCUT2D eigenvalue weighted by atomic mass is 10.4. The predicted octanol–water partition coefficient (Wildman–Crippen LogP) is -1.01. The van der Waals surface area contributed by atoms with E-state index in [1.807, 2.05) is 0 Å². The van der Waals surface area contributed by atoms with E-state index in [0.29, 0.717) is 5.82 Å². The highest BCUT2D eigenvalue weighted by molar-refractivity contribution is 5.81. The topological polar surface area (TPSA) is 107 Å². The van der Waals surface area contributed by atoms with E-state index in [2.05, 4.69) is 9.97 Å². The fraction of sp³-hybridized carbons (Fsp3) is 0.375. The number of nitrogen functional groups attached to an aromatic ring is 1. The third-order valence-electron chi connectivity index (χ3n) is 1.77.